The number of fused-ring (bicyclic) bond motifs is 1. The lowest BCUT2D eigenvalue weighted by atomic mass is 10.1. The second-order valence-electron chi connectivity index (χ2n) is 6.07. The Hall–Kier alpha value is -3.44. The summed E-state index contributed by atoms with van der Waals surface area (Å²) in [5, 5.41) is 4.47. The monoisotopic (exact) mass is 430 g/mol. The molecule has 0 atom stereocenters. The highest BCUT2D eigenvalue weighted by atomic mass is 32.2. The minimum Gasteiger partial charge on any atom is -0.408 e. The number of nitrogens with zero attached hydrogens (tertiary/aromatic N) is 1. The van der Waals surface area contributed by atoms with Crippen LogP contribution in [0.25, 0.3) is 22.4 Å². The van der Waals surface area contributed by atoms with Gasteiger partial charge in [-0.05, 0) is 36.4 Å². The van der Waals surface area contributed by atoms with E-state index in [1.807, 2.05) is 0 Å². The molecular formula is C18H14N4O5S2. The van der Waals surface area contributed by atoms with E-state index in [1.165, 1.54) is 31.2 Å². The quantitative estimate of drug-likeness (QED) is 0.446. The van der Waals surface area contributed by atoms with Crippen molar-refractivity contribution in [3.05, 3.63) is 58.4 Å². The van der Waals surface area contributed by atoms with E-state index in [-0.39, 0.29) is 15.9 Å². The van der Waals surface area contributed by atoms with E-state index < -0.39 is 15.8 Å². The summed E-state index contributed by atoms with van der Waals surface area (Å²) >= 11 is 1.13. The van der Waals surface area contributed by atoms with Crippen molar-refractivity contribution in [2.75, 3.05) is 10.0 Å². The number of hydrogen-bond acceptors (Lipinski definition) is 7. The number of carbonyl (C=O) groups is 1. The lowest BCUT2D eigenvalue weighted by molar-refractivity contribution is -0.114. The van der Waals surface area contributed by atoms with Crippen LogP contribution in [0, 0.1) is 0 Å². The molecule has 148 valence electrons. The normalized spacial score (nSPS) is 11.5. The third-order valence-electron chi connectivity index (χ3n) is 3.93. The molecule has 0 saturated heterocycles. The molecule has 0 saturated carbocycles. The Morgan fingerprint density at radius 2 is 1.93 bits per heavy atom. The maximum atomic E-state index is 12.6. The zero-order valence-corrected chi connectivity index (χ0v) is 16.6. The second kappa shape index (κ2) is 7.18. The van der Waals surface area contributed by atoms with Gasteiger partial charge in [-0.3, -0.25) is 14.5 Å². The summed E-state index contributed by atoms with van der Waals surface area (Å²) in [6, 6.07) is 10.9. The number of aromatic amines is 1. The highest BCUT2D eigenvalue weighted by Crippen LogP contribution is 2.28. The zero-order valence-electron chi connectivity index (χ0n) is 14.9. The summed E-state index contributed by atoms with van der Waals surface area (Å²) < 4.78 is 32.6. The van der Waals surface area contributed by atoms with Crippen molar-refractivity contribution in [2.24, 2.45) is 0 Å². The summed E-state index contributed by atoms with van der Waals surface area (Å²) in [6.07, 6.45) is 0. The molecular weight excluding hydrogens is 416 g/mol. The van der Waals surface area contributed by atoms with Crippen molar-refractivity contribution in [3.8, 4) is 11.3 Å². The Bertz CT molecular complexity index is 1370. The summed E-state index contributed by atoms with van der Waals surface area (Å²) in [4.78, 5) is 29.2. The fraction of sp³-hybridized carbons (Fsp3) is 0.0556. The molecule has 2 heterocycles. The van der Waals surface area contributed by atoms with Gasteiger partial charge in [-0.2, -0.15) is 0 Å². The number of rotatable bonds is 5. The minimum absolute atomic E-state index is 0.0406. The van der Waals surface area contributed by atoms with Crippen LogP contribution in [0.2, 0.25) is 0 Å². The molecule has 2 aromatic carbocycles. The first-order valence-corrected chi connectivity index (χ1v) is 10.7. The summed E-state index contributed by atoms with van der Waals surface area (Å²) in [5.41, 5.74) is 2.68. The van der Waals surface area contributed by atoms with Gasteiger partial charge in [0.1, 0.15) is 0 Å². The molecule has 0 aliphatic carbocycles. The first kappa shape index (κ1) is 18.9. The summed E-state index contributed by atoms with van der Waals surface area (Å²) in [7, 11) is -3.84. The molecule has 1 amide bonds. The fourth-order valence-electron chi connectivity index (χ4n) is 2.65. The Balaban J connectivity index is 1.55. The van der Waals surface area contributed by atoms with Crippen molar-refractivity contribution < 1.29 is 17.6 Å². The number of anilines is 2. The van der Waals surface area contributed by atoms with Crippen LogP contribution < -0.4 is 15.8 Å². The standard InChI is InChI=1S/C18H14N4O5S2/c1-10(23)19-12-3-5-13(6-4-12)29(25,26)22-17-20-15(9-28-17)11-2-7-14-16(8-11)27-18(24)21-14/h2-9H,1H3,(H,19,23)(H,20,22)(H,21,24). The number of oxazole rings is 1. The molecule has 29 heavy (non-hydrogen) atoms. The van der Waals surface area contributed by atoms with Gasteiger partial charge in [0.25, 0.3) is 10.0 Å². The molecule has 3 N–H and O–H groups in total. The van der Waals surface area contributed by atoms with Gasteiger partial charge in [-0.25, -0.2) is 18.2 Å². The minimum atomic E-state index is -3.84. The van der Waals surface area contributed by atoms with Crippen molar-refractivity contribution in [2.45, 2.75) is 11.8 Å². The second-order valence-corrected chi connectivity index (χ2v) is 8.61. The molecule has 0 unspecified atom stereocenters. The van der Waals surface area contributed by atoms with Crippen molar-refractivity contribution in [3.63, 3.8) is 0 Å². The predicted octanol–water partition coefficient (Wildman–Crippen LogP) is 3.00. The average Bonchev–Trinajstić information content (AvgIpc) is 3.26. The van der Waals surface area contributed by atoms with Crippen LogP contribution in [-0.2, 0) is 14.8 Å². The smallest absolute Gasteiger partial charge is 0.408 e. The Morgan fingerprint density at radius 3 is 2.66 bits per heavy atom. The number of amides is 1. The number of carbonyl (C=O) groups excluding carboxylic acids is 1. The van der Waals surface area contributed by atoms with Crippen LogP contribution in [-0.4, -0.2) is 24.3 Å². The van der Waals surface area contributed by atoms with Gasteiger partial charge in [-0.1, -0.05) is 6.07 Å². The molecule has 0 spiro atoms. The van der Waals surface area contributed by atoms with Gasteiger partial charge in [0.05, 0.1) is 16.1 Å². The fourth-order valence-corrected chi connectivity index (χ4v) is 4.62. The third kappa shape index (κ3) is 4.05. The highest BCUT2D eigenvalue weighted by Gasteiger charge is 2.17. The number of H-pyrrole nitrogens is 1. The number of benzene rings is 2. The highest BCUT2D eigenvalue weighted by molar-refractivity contribution is 7.93. The average molecular weight is 430 g/mol. The van der Waals surface area contributed by atoms with E-state index in [9.17, 15) is 18.0 Å². The van der Waals surface area contributed by atoms with E-state index in [1.54, 1.807) is 23.6 Å². The number of aromatic nitrogens is 2. The predicted molar refractivity (Wildman–Crippen MR) is 109 cm³/mol. The Labute approximate surface area is 168 Å². The van der Waals surface area contributed by atoms with Crippen LogP contribution >= 0.6 is 11.3 Å². The van der Waals surface area contributed by atoms with Gasteiger partial charge in [0, 0.05) is 23.6 Å². The van der Waals surface area contributed by atoms with Crippen LogP contribution in [0.5, 0.6) is 0 Å². The van der Waals surface area contributed by atoms with Gasteiger partial charge < -0.3 is 9.73 Å². The van der Waals surface area contributed by atoms with Crippen molar-refractivity contribution in [1.82, 2.24) is 9.97 Å². The van der Waals surface area contributed by atoms with Gasteiger partial charge in [0.2, 0.25) is 5.91 Å². The van der Waals surface area contributed by atoms with E-state index in [0.717, 1.165) is 11.3 Å². The Morgan fingerprint density at radius 1 is 1.17 bits per heavy atom. The summed E-state index contributed by atoms with van der Waals surface area (Å²) in [5.74, 6) is -0.792. The molecule has 0 aliphatic rings. The van der Waals surface area contributed by atoms with Crippen molar-refractivity contribution in [1.29, 1.82) is 0 Å². The Kier molecular flexibility index (Phi) is 4.68. The number of sulfonamides is 1. The molecule has 9 nitrogen and oxygen atoms in total. The van der Waals surface area contributed by atoms with E-state index in [4.69, 9.17) is 4.42 Å². The SMILES string of the molecule is CC(=O)Nc1ccc(S(=O)(=O)Nc2nc(-c3ccc4[nH]c(=O)oc4c3)cs2)cc1. The first-order valence-electron chi connectivity index (χ1n) is 8.29. The van der Waals surface area contributed by atoms with E-state index in [2.05, 4.69) is 20.0 Å². The molecule has 2 aromatic heterocycles. The third-order valence-corrected chi connectivity index (χ3v) is 6.17. The van der Waals surface area contributed by atoms with Crippen LogP contribution in [0.15, 0.2) is 62.0 Å². The molecule has 0 fully saturated rings. The molecule has 11 heteroatoms. The maximum Gasteiger partial charge on any atom is 0.417 e. The van der Waals surface area contributed by atoms with Gasteiger partial charge >= 0.3 is 5.76 Å². The van der Waals surface area contributed by atoms with Crippen LogP contribution in [0.3, 0.4) is 0 Å². The molecule has 0 radical (unpaired) electrons. The lowest BCUT2D eigenvalue weighted by Gasteiger charge is -2.07. The van der Waals surface area contributed by atoms with Crippen LogP contribution in [0.1, 0.15) is 6.92 Å². The summed E-state index contributed by atoms with van der Waals surface area (Å²) in [6.45, 7) is 1.37. The largest absolute Gasteiger partial charge is 0.417 e. The zero-order chi connectivity index (χ0) is 20.6. The number of thiazole rings is 1. The van der Waals surface area contributed by atoms with Crippen LogP contribution in [0.4, 0.5) is 10.8 Å². The molecule has 4 aromatic rings. The van der Waals surface area contributed by atoms with E-state index >= 15 is 0 Å². The first-order chi connectivity index (χ1) is 13.8. The number of nitrogens with one attached hydrogen (secondary N) is 3. The topological polar surface area (TPSA) is 134 Å². The molecule has 4 rings (SSSR count). The maximum absolute atomic E-state index is 12.6. The van der Waals surface area contributed by atoms with Crippen molar-refractivity contribution >= 4 is 49.2 Å². The molecule has 0 bridgehead atoms. The van der Waals surface area contributed by atoms with Gasteiger partial charge in [-0.15, -0.1) is 11.3 Å². The molecule has 0 aliphatic heterocycles. The lowest BCUT2D eigenvalue weighted by Crippen LogP contribution is -2.13. The van der Waals surface area contributed by atoms with Gasteiger partial charge in [0.15, 0.2) is 10.7 Å². The number of hydrogen-bond donors (Lipinski definition) is 3. The van der Waals surface area contributed by atoms with E-state index in [0.29, 0.717) is 28.0 Å².